The van der Waals surface area contributed by atoms with Crippen LogP contribution >= 0.6 is 0 Å². The minimum atomic E-state index is -1.26. The van der Waals surface area contributed by atoms with Crippen LogP contribution in [0.15, 0.2) is 12.1 Å². The fourth-order valence-electron chi connectivity index (χ4n) is 2.11. The highest BCUT2D eigenvalue weighted by Gasteiger charge is 2.34. The van der Waals surface area contributed by atoms with Gasteiger partial charge < -0.3 is 15.3 Å². The molecular weight excluding hydrogens is 277 g/mol. The minimum Gasteiger partial charge on any atom is -0.480 e. The largest absolute Gasteiger partial charge is 0.480 e. The van der Waals surface area contributed by atoms with Crippen molar-refractivity contribution in [3.05, 3.63) is 29.6 Å². The zero-order valence-corrected chi connectivity index (χ0v) is 10.2. The van der Waals surface area contributed by atoms with Crippen LogP contribution in [0, 0.1) is 17.5 Å². The molecule has 1 heterocycles. The molecule has 1 atom stereocenters. The van der Waals surface area contributed by atoms with E-state index in [1.807, 2.05) is 5.32 Å². The van der Waals surface area contributed by atoms with Gasteiger partial charge in [-0.25, -0.2) is 22.8 Å². The number of nitrogens with zero attached hydrogens (tertiary/aromatic N) is 1. The molecule has 1 aliphatic rings. The predicted molar refractivity (Wildman–Crippen MR) is 62.7 cm³/mol. The number of likely N-dealkylation sites (tertiary alicyclic amines) is 1. The highest BCUT2D eigenvalue weighted by Crippen LogP contribution is 2.23. The lowest BCUT2D eigenvalue weighted by molar-refractivity contribution is -0.141. The summed E-state index contributed by atoms with van der Waals surface area (Å²) in [7, 11) is 0. The first-order valence-corrected chi connectivity index (χ1v) is 5.85. The molecular formula is C12H11F3N2O3. The summed E-state index contributed by atoms with van der Waals surface area (Å²) < 4.78 is 39.5. The van der Waals surface area contributed by atoms with Gasteiger partial charge in [-0.15, -0.1) is 0 Å². The van der Waals surface area contributed by atoms with Gasteiger partial charge in [-0.2, -0.15) is 0 Å². The maximum absolute atomic E-state index is 13.4. The van der Waals surface area contributed by atoms with Crippen LogP contribution < -0.4 is 5.32 Å². The standard InChI is InChI=1S/C12H11F3N2O3/c13-6-4-7(14)10(8(15)5-6)16-12(20)17-3-1-2-9(17)11(18)19/h4-5,9H,1-3H2,(H,16,20)(H,18,19)/t9-/m1/s1. The third kappa shape index (κ3) is 2.68. The summed E-state index contributed by atoms with van der Waals surface area (Å²) in [6.45, 7) is 0.174. The average Bonchev–Trinajstić information content (AvgIpc) is 2.82. The number of hydrogen-bond donors (Lipinski definition) is 2. The van der Waals surface area contributed by atoms with Crippen molar-refractivity contribution in [3.8, 4) is 0 Å². The van der Waals surface area contributed by atoms with Crippen molar-refractivity contribution < 1.29 is 27.9 Å². The van der Waals surface area contributed by atoms with Crippen LogP contribution in [0.1, 0.15) is 12.8 Å². The number of carboxylic acids is 1. The Bertz CT molecular complexity index is 542. The average molecular weight is 288 g/mol. The third-order valence-corrected chi connectivity index (χ3v) is 3.04. The Labute approximate surface area is 112 Å². The van der Waals surface area contributed by atoms with Crippen molar-refractivity contribution >= 4 is 17.7 Å². The van der Waals surface area contributed by atoms with E-state index in [0.29, 0.717) is 18.6 Å². The van der Waals surface area contributed by atoms with E-state index < -0.39 is 41.2 Å². The van der Waals surface area contributed by atoms with E-state index in [-0.39, 0.29) is 13.0 Å². The summed E-state index contributed by atoms with van der Waals surface area (Å²) in [5, 5.41) is 10.9. The zero-order chi connectivity index (χ0) is 14.9. The highest BCUT2D eigenvalue weighted by molar-refractivity contribution is 5.92. The lowest BCUT2D eigenvalue weighted by atomic mass is 10.2. The lowest BCUT2D eigenvalue weighted by Crippen LogP contribution is -2.43. The van der Waals surface area contributed by atoms with Gasteiger partial charge in [0.1, 0.15) is 17.5 Å². The summed E-state index contributed by atoms with van der Waals surface area (Å²) in [6, 6.07) is -1.10. The second kappa shape index (κ2) is 5.40. The number of halogens is 3. The fourth-order valence-corrected chi connectivity index (χ4v) is 2.11. The van der Waals surface area contributed by atoms with Crippen molar-refractivity contribution in [2.75, 3.05) is 11.9 Å². The van der Waals surface area contributed by atoms with Crippen LogP contribution in [0.5, 0.6) is 0 Å². The molecule has 20 heavy (non-hydrogen) atoms. The van der Waals surface area contributed by atoms with Crippen molar-refractivity contribution in [1.29, 1.82) is 0 Å². The van der Waals surface area contributed by atoms with Gasteiger partial charge in [0.25, 0.3) is 0 Å². The lowest BCUT2D eigenvalue weighted by Gasteiger charge is -2.22. The number of anilines is 1. The smallest absolute Gasteiger partial charge is 0.326 e. The first-order chi connectivity index (χ1) is 9.40. The van der Waals surface area contributed by atoms with Crippen LogP contribution in [0.4, 0.5) is 23.7 Å². The molecule has 1 aliphatic heterocycles. The monoisotopic (exact) mass is 288 g/mol. The van der Waals surface area contributed by atoms with Crippen molar-refractivity contribution in [1.82, 2.24) is 4.90 Å². The first-order valence-electron chi connectivity index (χ1n) is 5.85. The van der Waals surface area contributed by atoms with Crippen molar-refractivity contribution in [2.24, 2.45) is 0 Å². The summed E-state index contributed by atoms with van der Waals surface area (Å²) in [4.78, 5) is 23.7. The van der Waals surface area contributed by atoms with Crippen LogP contribution in [0.2, 0.25) is 0 Å². The molecule has 8 heteroatoms. The van der Waals surface area contributed by atoms with Crippen LogP contribution in [-0.4, -0.2) is 34.6 Å². The molecule has 0 aromatic heterocycles. The number of nitrogens with one attached hydrogen (secondary N) is 1. The normalized spacial score (nSPS) is 18.1. The van der Waals surface area contributed by atoms with E-state index in [1.54, 1.807) is 0 Å². The van der Waals surface area contributed by atoms with Crippen molar-refractivity contribution in [2.45, 2.75) is 18.9 Å². The zero-order valence-electron chi connectivity index (χ0n) is 10.2. The molecule has 0 radical (unpaired) electrons. The summed E-state index contributed by atoms with van der Waals surface area (Å²) in [5.74, 6) is -4.82. The Kier molecular flexibility index (Phi) is 3.82. The maximum Gasteiger partial charge on any atom is 0.326 e. The van der Waals surface area contributed by atoms with E-state index in [4.69, 9.17) is 5.11 Å². The van der Waals surface area contributed by atoms with Crippen molar-refractivity contribution in [3.63, 3.8) is 0 Å². The molecule has 2 N–H and O–H groups in total. The molecule has 1 fully saturated rings. The number of hydrogen-bond acceptors (Lipinski definition) is 2. The Morgan fingerprint density at radius 3 is 2.40 bits per heavy atom. The Balaban J connectivity index is 2.18. The van der Waals surface area contributed by atoms with Gasteiger partial charge in [0.2, 0.25) is 0 Å². The molecule has 5 nitrogen and oxygen atoms in total. The summed E-state index contributed by atoms with van der Waals surface area (Å²) in [5.41, 5.74) is -0.799. The fraction of sp³-hybridized carbons (Fsp3) is 0.333. The molecule has 1 aromatic rings. The molecule has 108 valence electrons. The Morgan fingerprint density at radius 1 is 1.25 bits per heavy atom. The van der Waals surface area contributed by atoms with Gasteiger partial charge in [-0.3, -0.25) is 0 Å². The SMILES string of the molecule is O=C(O)[C@H]1CCCN1C(=O)Nc1c(F)cc(F)cc1F. The topological polar surface area (TPSA) is 69.6 Å². The van der Waals surface area contributed by atoms with Gasteiger partial charge in [0, 0.05) is 18.7 Å². The number of aliphatic carboxylic acids is 1. The number of carboxylic acid groups (broad SMARTS) is 1. The second-order valence-corrected chi connectivity index (χ2v) is 4.36. The first kappa shape index (κ1) is 14.2. The van der Waals surface area contributed by atoms with Gasteiger partial charge >= 0.3 is 12.0 Å². The number of carbonyl (C=O) groups is 2. The Morgan fingerprint density at radius 2 is 1.85 bits per heavy atom. The summed E-state index contributed by atoms with van der Waals surface area (Å²) in [6.07, 6.45) is 0.760. The second-order valence-electron chi connectivity index (χ2n) is 4.36. The molecule has 0 aliphatic carbocycles. The molecule has 1 saturated heterocycles. The third-order valence-electron chi connectivity index (χ3n) is 3.04. The van der Waals surface area contributed by atoms with E-state index in [2.05, 4.69) is 0 Å². The molecule has 2 amide bonds. The summed E-state index contributed by atoms with van der Waals surface area (Å²) >= 11 is 0. The van der Waals surface area contributed by atoms with E-state index >= 15 is 0 Å². The number of amides is 2. The van der Waals surface area contributed by atoms with Crippen LogP contribution in [0.25, 0.3) is 0 Å². The molecule has 0 bridgehead atoms. The van der Waals surface area contributed by atoms with E-state index in [1.165, 1.54) is 0 Å². The van der Waals surface area contributed by atoms with E-state index in [9.17, 15) is 22.8 Å². The Hall–Kier alpha value is -2.25. The van der Waals surface area contributed by atoms with Gasteiger partial charge in [0.05, 0.1) is 0 Å². The minimum absolute atomic E-state index is 0.174. The highest BCUT2D eigenvalue weighted by atomic mass is 19.1. The van der Waals surface area contributed by atoms with Gasteiger partial charge in [-0.05, 0) is 12.8 Å². The number of carbonyl (C=O) groups excluding carboxylic acids is 1. The quantitative estimate of drug-likeness (QED) is 0.876. The van der Waals surface area contributed by atoms with Gasteiger partial charge in [0.15, 0.2) is 11.6 Å². The van der Waals surface area contributed by atoms with E-state index in [0.717, 1.165) is 4.90 Å². The molecule has 0 spiro atoms. The number of rotatable bonds is 2. The molecule has 0 saturated carbocycles. The van der Waals surface area contributed by atoms with Crippen LogP contribution in [0.3, 0.4) is 0 Å². The molecule has 0 unspecified atom stereocenters. The van der Waals surface area contributed by atoms with Gasteiger partial charge in [-0.1, -0.05) is 0 Å². The molecule has 2 rings (SSSR count). The number of urea groups is 1. The maximum atomic E-state index is 13.4. The van der Waals surface area contributed by atoms with Crippen LogP contribution in [-0.2, 0) is 4.79 Å². The number of benzene rings is 1. The molecule has 1 aromatic carbocycles. The predicted octanol–water partition coefficient (Wildman–Crippen LogP) is 2.18.